The van der Waals surface area contributed by atoms with E-state index in [1.165, 1.54) is 56.9 Å². The zero-order chi connectivity index (χ0) is 27.3. The van der Waals surface area contributed by atoms with Gasteiger partial charge in [-0.2, -0.15) is 8.42 Å². The third-order valence-electron chi connectivity index (χ3n) is 11.8. The topological polar surface area (TPSA) is 43.4 Å². The van der Waals surface area contributed by atoms with Crippen LogP contribution in [0.4, 0.5) is 0 Å². The van der Waals surface area contributed by atoms with Gasteiger partial charge in [0.2, 0.25) is 0 Å². The summed E-state index contributed by atoms with van der Waals surface area (Å²) in [4.78, 5) is 0.273. The second-order valence-corrected chi connectivity index (χ2v) is 16.1. The van der Waals surface area contributed by atoms with E-state index in [0.29, 0.717) is 5.41 Å². The first-order valence-corrected chi connectivity index (χ1v) is 17.0. The van der Waals surface area contributed by atoms with Crippen LogP contribution in [0.15, 0.2) is 40.8 Å². The second kappa shape index (κ2) is 10.7. The average Bonchev–Trinajstić information content (AvgIpc) is 3.21. The van der Waals surface area contributed by atoms with E-state index < -0.39 is 10.1 Å². The summed E-state index contributed by atoms with van der Waals surface area (Å²) in [5.74, 6) is 4.93. The normalized spacial score (nSPS) is 37.8. The van der Waals surface area contributed by atoms with Gasteiger partial charge in [-0.3, -0.25) is 4.18 Å². The predicted octanol–water partition coefficient (Wildman–Crippen LogP) is 9.11. The molecule has 0 aromatic heterocycles. The van der Waals surface area contributed by atoms with Crippen molar-refractivity contribution < 1.29 is 12.6 Å². The van der Waals surface area contributed by atoms with Crippen molar-refractivity contribution in [3.05, 3.63) is 41.5 Å². The minimum atomic E-state index is -3.73. The van der Waals surface area contributed by atoms with Gasteiger partial charge in [0.15, 0.2) is 0 Å². The van der Waals surface area contributed by atoms with E-state index in [-0.39, 0.29) is 16.4 Å². The lowest BCUT2D eigenvalue weighted by Gasteiger charge is -2.58. The van der Waals surface area contributed by atoms with Crippen molar-refractivity contribution >= 4 is 10.1 Å². The first-order chi connectivity index (χ1) is 17.9. The first-order valence-electron chi connectivity index (χ1n) is 15.6. The van der Waals surface area contributed by atoms with Gasteiger partial charge in [-0.1, -0.05) is 83.2 Å². The third-order valence-corrected chi connectivity index (χ3v) is 13.2. The lowest BCUT2D eigenvalue weighted by atomic mass is 9.47. The summed E-state index contributed by atoms with van der Waals surface area (Å²) in [6.45, 7) is 14.4. The Morgan fingerprint density at radius 1 is 0.947 bits per heavy atom. The van der Waals surface area contributed by atoms with Crippen molar-refractivity contribution in [1.29, 1.82) is 0 Å². The molecule has 1 unspecified atom stereocenters. The van der Waals surface area contributed by atoms with E-state index in [0.717, 1.165) is 60.3 Å². The molecule has 38 heavy (non-hydrogen) atoms. The van der Waals surface area contributed by atoms with Gasteiger partial charge in [0, 0.05) is 0 Å². The van der Waals surface area contributed by atoms with Crippen molar-refractivity contribution in [2.75, 3.05) is 0 Å². The van der Waals surface area contributed by atoms with Gasteiger partial charge in [0.25, 0.3) is 10.1 Å². The molecule has 4 aliphatic carbocycles. The molecule has 4 heteroatoms. The van der Waals surface area contributed by atoms with Crippen LogP contribution in [-0.4, -0.2) is 14.5 Å². The molecular formula is C34H52O3S. The molecule has 1 aromatic rings. The van der Waals surface area contributed by atoms with Crippen LogP contribution in [-0.2, 0) is 14.3 Å². The summed E-state index contributed by atoms with van der Waals surface area (Å²) in [5.41, 5.74) is 3.24. The zero-order valence-corrected chi connectivity index (χ0v) is 25.7. The fourth-order valence-electron chi connectivity index (χ4n) is 9.67. The largest absolute Gasteiger partial charge is 0.297 e. The number of rotatable bonds is 8. The number of allylic oxidation sites excluding steroid dienone is 1. The van der Waals surface area contributed by atoms with Crippen LogP contribution >= 0.6 is 0 Å². The average molecular weight is 541 g/mol. The SMILES string of the molecule is Cc1ccc(S(=O)(=O)OC2CC[C@@]3(C)C(=CC[C@H]4[C@@H]5CC[C@H]([C@H](C)CCCC(C)C)[C@@]5(C)CC[C@@H]43)C2)cc1. The molecule has 212 valence electrons. The smallest absolute Gasteiger partial charge is 0.263 e. The standard InChI is InChI=1S/C34H52O3S/c1-23(2)8-7-9-25(4)30-16-17-31-29-15-12-26-22-27(37-38(35,36)28-13-10-24(3)11-14-28)18-20-33(26,5)32(29)19-21-34(30,31)6/h10-14,23,25,27,29-32H,7-9,15-22H2,1-6H3/t25-,27?,29+,30-,31+,32+,33+,34-/m1/s1. The highest BCUT2D eigenvalue weighted by Crippen LogP contribution is 2.67. The van der Waals surface area contributed by atoms with Crippen molar-refractivity contribution in [3.8, 4) is 0 Å². The molecule has 0 saturated heterocycles. The van der Waals surface area contributed by atoms with Crippen LogP contribution < -0.4 is 0 Å². The maximum absolute atomic E-state index is 13.0. The Hall–Kier alpha value is -1.13. The first kappa shape index (κ1) is 28.4. The molecular weight excluding hydrogens is 488 g/mol. The molecule has 8 atom stereocenters. The molecule has 0 spiro atoms. The van der Waals surface area contributed by atoms with Gasteiger partial charge in [0.05, 0.1) is 11.0 Å². The summed E-state index contributed by atoms with van der Waals surface area (Å²) >= 11 is 0. The minimum absolute atomic E-state index is 0.207. The minimum Gasteiger partial charge on any atom is -0.263 e. The molecule has 1 aromatic carbocycles. The second-order valence-electron chi connectivity index (χ2n) is 14.5. The monoisotopic (exact) mass is 540 g/mol. The van der Waals surface area contributed by atoms with Gasteiger partial charge in [-0.05, 0) is 117 Å². The van der Waals surface area contributed by atoms with E-state index in [4.69, 9.17) is 4.18 Å². The highest BCUT2D eigenvalue weighted by Gasteiger charge is 2.59. The Morgan fingerprint density at radius 2 is 1.68 bits per heavy atom. The summed E-state index contributed by atoms with van der Waals surface area (Å²) in [6, 6.07) is 7.02. The summed E-state index contributed by atoms with van der Waals surface area (Å²) in [7, 11) is -3.73. The van der Waals surface area contributed by atoms with Crippen LogP contribution in [0.2, 0.25) is 0 Å². The van der Waals surface area contributed by atoms with Crippen LogP contribution in [0.25, 0.3) is 0 Å². The zero-order valence-electron chi connectivity index (χ0n) is 24.8. The van der Waals surface area contributed by atoms with E-state index >= 15 is 0 Å². The van der Waals surface area contributed by atoms with Crippen LogP contribution in [0.1, 0.15) is 111 Å². The highest BCUT2D eigenvalue weighted by atomic mass is 32.2. The molecule has 5 rings (SSSR count). The highest BCUT2D eigenvalue weighted by molar-refractivity contribution is 7.86. The number of fused-ring (bicyclic) bond motifs is 5. The fraction of sp³-hybridized carbons (Fsp3) is 0.765. The predicted molar refractivity (Wildman–Crippen MR) is 156 cm³/mol. The van der Waals surface area contributed by atoms with E-state index in [1.807, 2.05) is 19.1 Å². The maximum Gasteiger partial charge on any atom is 0.297 e. The molecule has 4 aliphatic rings. The van der Waals surface area contributed by atoms with Gasteiger partial charge in [-0.15, -0.1) is 0 Å². The quantitative estimate of drug-likeness (QED) is 0.244. The number of benzene rings is 1. The Balaban J connectivity index is 1.27. The Kier molecular flexibility index (Phi) is 7.99. The Labute approximate surface area is 233 Å². The van der Waals surface area contributed by atoms with Gasteiger partial charge in [0.1, 0.15) is 0 Å². The summed E-state index contributed by atoms with van der Waals surface area (Å²) in [5, 5.41) is 0. The lowest BCUT2D eigenvalue weighted by molar-refractivity contribution is -0.0556. The molecule has 0 N–H and O–H groups in total. The number of hydrogen-bond acceptors (Lipinski definition) is 3. The Bertz CT molecular complexity index is 1120. The van der Waals surface area contributed by atoms with Crippen molar-refractivity contribution in [2.45, 2.75) is 123 Å². The molecule has 3 saturated carbocycles. The summed E-state index contributed by atoms with van der Waals surface area (Å²) in [6.07, 6.45) is 15.8. The molecule has 3 nitrogen and oxygen atoms in total. The lowest BCUT2D eigenvalue weighted by Crippen LogP contribution is -2.51. The van der Waals surface area contributed by atoms with E-state index in [2.05, 4.69) is 40.7 Å². The van der Waals surface area contributed by atoms with E-state index in [9.17, 15) is 8.42 Å². The molecule has 0 aliphatic heterocycles. The maximum atomic E-state index is 13.0. The van der Waals surface area contributed by atoms with Gasteiger partial charge < -0.3 is 0 Å². The molecule has 0 radical (unpaired) electrons. The van der Waals surface area contributed by atoms with Gasteiger partial charge in [-0.25, -0.2) is 0 Å². The Morgan fingerprint density at radius 3 is 2.39 bits per heavy atom. The van der Waals surface area contributed by atoms with Crippen molar-refractivity contribution in [1.82, 2.24) is 0 Å². The van der Waals surface area contributed by atoms with Crippen molar-refractivity contribution in [3.63, 3.8) is 0 Å². The molecule has 3 fully saturated rings. The third kappa shape index (κ3) is 5.18. The summed E-state index contributed by atoms with van der Waals surface area (Å²) < 4.78 is 31.8. The molecule has 0 amide bonds. The van der Waals surface area contributed by atoms with Crippen LogP contribution in [0.3, 0.4) is 0 Å². The van der Waals surface area contributed by atoms with E-state index in [1.54, 1.807) is 12.1 Å². The molecule has 0 heterocycles. The molecule has 0 bridgehead atoms. The number of aryl methyl sites for hydroxylation is 1. The number of hydrogen-bond donors (Lipinski definition) is 0. The van der Waals surface area contributed by atoms with Crippen molar-refractivity contribution in [2.24, 2.45) is 46.3 Å². The fourth-order valence-corrected chi connectivity index (χ4v) is 10.8. The van der Waals surface area contributed by atoms with Crippen LogP contribution in [0.5, 0.6) is 0 Å². The van der Waals surface area contributed by atoms with Crippen LogP contribution in [0, 0.1) is 53.3 Å². The van der Waals surface area contributed by atoms with Gasteiger partial charge >= 0.3 is 0 Å².